The first-order chi connectivity index (χ1) is 6.02. The van der Waals surface area contributed by atoms with E-state index >= 15 is 0 Å². The zero-order valence-corrected chi connectivity index (χ0v) is 8.45. The highest BCUT2D eigenvalue weighted by molar-refractivity contribution is 7.81. The first kappa shape index (κ1) is 10.1. The molecule has 0 bridgehead atoms. The van der Waals surface area contributed by atoms with Crippen molar-refractivity contribution in [3.63, 3.8) is 0 Å². The number of carboxylic acid groups (broad SMARTS) is 1. The van der Waals surface area contributed by atoms with Gasteiger partial charge >= 0.3 is 5.97 Å². The number of aliphatic carboxylic acids is 1. The summed E-state index contributed by atoms with van der Waals surface area (Å²) in [6.07, 6.45) is 2.10. The molecular formula is C8H12N2O2S. The molecule has 0 spiro atoms. The average Bonchev–Trinajstić information content (AvgIpc) is 2.36. The van der Waals surface area contributed by atoms with Gasteiger partial charge in [-0.3, -0.25) is 9.48 Å². The molecule has 0 fully saturated rings. The predicted octanol–water partition coefficient (Wildman–Crippen LogP) is 0.654. The largest absolute Gasteiger partial charge is 0.480 e. The van der Waals surface area contributed by atoms with Crippen molar-refractivity contribution < 1.29 is 9.90 Å². The van der Waals surface area contributed by atoms with Crippen LogP contribution in [-0.2, 0) is 18.3 Å². The van der Waals surface area contributed by atoms with Gasteiger partial charge in [0.1, 0.15) is 5.25 Å². The van der Waals surface area contributed by atoms with Gasteiger partial charge < -0.3 is 5.11 Å². The lowest BCUT2D eigenvalue weighted by atomic mass is 10.1. The Morgan fingerprint density at radius 2 is 2.46 bits per heavy atom. The smallest absolute Gasteiger partial charge is 0.316 e. The molecule has 0 saturated heterocycles. The second-order valence-corrected chi connectivity index (χ2v) is 3.56. The first-order valence-electron chi connectivity index (χ1n) is 3.90. The van der Waals surface area contributed by atoms with Crippen LogP contribution in [-0.4, -0.2) is 26.1 Å². The van der Waals surface area contributed by atoms with Crippen LogP contribution in [0, 0.1) is 6.92 Å². The number of nitrogens with zero attached hydrogens (tertiary/aromatic N) is 2. The molecule has 0 radical (unpaired) electrons. The molecule has 1 aromatic rings. The fraction of sp³-hybridized carbons (Fsp3) is 0.500. The zero-order chi connectivity index (χ0) is 10.0. The third-order valence-electron chi connectivity index (χ3n) is 2.04. The quantitative estimate of drug-likeness (QED) is 0.704. The number of carboxylic acids is 1. The van der Waals surface area contributed by atoms with Crippen LogP contribution in [0.5, 0.6) is 0 Å². The van der Waals surface area contributed by atoms with Gasteiger partial charge in [-0.1, -0.05) is 0 Å². The van der Waals surface area contributed by atoms with Crippen LogP contribution in [0.25, 0.3) is 0 Å². The van der Waals surface area contributed by atoms with Crippen molar-refractivity contribution in [2.75, 3.05) is 0 Å². The monoisotopic (exact) mass is 200 g/mol. The van der Waals surface area contributed by atoms with Gasteiger partial charge in [-0.25, -0.2) is 0 Å². The molecule has 0 aromatic carbocycles. The summed E-state index contributed by atoms with van der Waals surface area (Å²) in [6, 6.07) is 0. The molecule has 5 heteroatoms. The lowest BCUT2D eigenvalue weighted by molar-refractivity contribution is -0.136. The minimum atomic E-state index is -0.897. The molecular weight excluding hydrogens is 188 g/mol. The number of aryl methyl sites for hydroxylation is 1. The molecule has 1 aromatic heterocycles. The summed E-state index contributed by atoms with van der Waals surface area (Å²) in [5, 5.41) is 12.0. The molecule has 1 rings (SSSR count). The van der Waals surface area contributed by atoms with Gasteiger partial charge in [0.15, 0.2) is 0 Å². The van der Waals surface area contributed by atoms with Gasteiger partial charge in [0.05, 0.1) is 6.20 Å². The molecule has 1 atom stereocenters. The SMILES string of the molecule is Cc1c(CC(S)C(=O)O)cnn1C. The Kier molecular flexibility index (Phi) is 2.98. The van der Waals surface area contributed by atoms with Gasteiger partial charge in [0.25, 0.3) is 0 Å². The van der Waals surface area contributed by atoms with Crippen LogP contribution in [0.1, 0.15) is 11.3 Å². The van der Waals surface area contributed by atoms with Crippen molar-refractivity contribution in [2.45, 2.75) is 18.6 Å². The first-order valence-corrected chi connectivity index (χ1v) is 4.42. The highest BCUT2D eigenvalue weighted by Gasteiger charge is 2.15. The Morgan fingerprint density at radius 1 is 1.85 bits per heavy atom. The van der Waals surface area contributed by atoms with Crippen LogP contribution in [0.4, 0.5) is 0 Å². The Hall–Kier alpha value is -0.970. The van der Waals surface area contributed by atoms with Gasteiger partial charge in [-0.05, 0) is 18.9 Å². The number of aromatic nitrogens is 2. The summed E-state index contributed by atoms with van der Waals surface area (Å²) in [5.74, 6) is -0.897. The van der Waals surface area contributed by atoms with E-state index < -0.39 is 11.2 Å². The highest BCUT2D eigenvalue weighted by Crippen LogP contribution is 2.11. The molecule has 4 nitrogen and oxygen atoms in total. The van der Waals surface area contributed by atoms with Gasteiger partial charge in [0.2, 0.25) is 0 Å². The van der Waals surface area contributed by atoms with Crippen LogP contribution in [0.2, 0.25) is 0 Å². The Labute approximate surface area is 82.0 Å². The van der Waals surface area contributed by atoms with Crippen molar-refractivity contribution in [1.29, 1.82) is 0 Å². The maximum atomic E-state index is 10.5. The van der Waals surface area contributed by atoms with Crippen LogP contribution in [0.15, 0.2) is 6.20 Å². The number of carbonyl (C=O) groups is 1. The van der Waals surface area contributed by atoms with E-state index in [2.05, 4.69) is 17.7 Å². The van der Waals surface area contributed by atoms with Crippen LogP contribution < -0.4 is 0 Å². The fourth-order valence-electron chi connectivity index (χ4n) is 1.04. The Bertz CT molecular complexity index is 322. The van der Waals surface area contributed by atoms with E-state index in [0.717, 1.165) is 11.3 Å². The lowest BCUT2D eigenvalue weighted by Gasteiger charge is -2.04. The number of hydrogen-bond acceptors (Lipinski definition) is 3. The Balaban J connectivity index is 2.74. The molecule has 13 heavy (non-hydrogen) atoms. The van der Waals surface area contributed by atoms with E-state index in [9.17, 15) is 4.79 Å². The summed E-state index contributed by atoms with van der Waals surface area (Å²) >= 11 is 3.96. The lowest BCUT2D eigenvalue weighted by Crippen LogP contribution is -2.16. The van der Waals surface area contributed by atoms with E-state index in [4.69, 9.17) is 5.11 Å². The molecule has 0 aliphatic heterocycles. The number of thiol groups is 1. The normalized spacial score (nSPS) is 12.8. The summed E-state index contributed by atoms with van der Waals surface area (Å²) in [7, 11) is 1.83. The molecule has 1 heterocycles. The topological polar surface area (TPSA) is 55.1 Å². The van der Waals surface area contributed by atoms with E-state index in [1.807, 2.05) is 14.0 Å². The fourth-order valence-corrected chi connectivity index (χ4v) is 1.24. The summed E-state index contributed by atoms with van der Waals surface area (Å²) in [5.41, 5.74) is 1.92. The molecule has 0 amide bonds. The summed E-state index contributed by atoms with van der Waals surface area (Å²) in [4.78, 5) is 10.5. The number of rotatable bonds is 3. The average molecular weight is 200 g/mol. The molecule has 0 saturated carbocycles. The molecule has 1 N–H and O–H groups in total. The summed E-state index contributed by atoms with van der Waals surface area (Å²) < 4.78 is 1.72. The van der Waals surface area contributed by atoms with Crippen LogP contribution >= 0.6 is 12.6 Å². The van der Waals surface area contributed by atoms with Gasteiger partial charge in [-0.2, -0.15) is 17.7 Å². The molecule has 0 aliphatic carbocycles. The molecule has 0 aliphatic rings. The van der Waals surface area contributed by atoms with Crippen molar-refractivity contribution in [3.8, 4) is 0 Å². The Morgan fingerprint density at radius 3 is 2.85 bits per heavy atom. The van der Waals surface area contributed by atoms with E-state index in [0.29, 0.717) is 6.42 Å². The molecule has 1 unspecified atom stereocenters. The van der Waals surface area contributed by atoms with Gasteiger partial charge in [-0.15, -0.1) is 0 Å². The minimum Gasteiger partial charge on any atom is -0.480 e. The van der Waals surface area contributed by atoms with Gasteiger partial charge in [0, 0.05) is 12.7 Å². The third kappa shape index (κ3) is 2.24. The minimum absolute atomic E-state index is 0.415. The highest BCUT2D eigenvalue weighted by atomic mass is 32.1. The van der Waals surface area contributed by atoms with Crippen LogP contribution in [0.3, 0.4) is 0 Å². The van der Waals surface area contributed by atoms with E-state index in [-0.39, 0.29) is 0 Å². The second-order valence-electron chi connectivity index (χ2n) is 2.94. The molecule has 72 valence electrons. The number of hydrogen-bond donors (Lipinski definition) is 2. The zero-order valence-electron chi connectivity index (χ0n) is 7.56. The predicted molar refractivity (Wildman–Crippen MR) is 52.1 cm³/mol. The van der Waals surface area contributed by atoms with Crippen molar-refractivity contribution in [3.05, 3.63) is 17.5 Å². The van der Waals surface area contributed by atoms with Crippen molar-refractivity contribution >= 4 is 18.6 Å². The maximum Gasteiger partial charge on any atom is 0.316 e. The second kappa shape index (κ2) is 3.83. The van der Waals surface area contributed by atoms with Crippen molar-refractivity contribution in [2.24, 2.45) is 7.05 Å². The summed E-state index contributed by atoms with van der Waals surface area (Å²) in [6.45, 7) is 1.91. The third-order valence-corrected chi connectivity index (χ3v) is 2.44. The van der Waals surface area contributed by atoms with E-state index in [1.165, 1.54) is 0 Å². The van der Waals surface area contributed by atoms with Crippen molar-refractivity contribution in [1.82, 2.24) is 9.78 Å². The maximum absolute atomic E-state index is 10.5. The van der Waals surface area contributed by atoms with E-state index in [1.54, 1.807) is 10.9 Å². The standard InChI is InChI=1S/C8H12N2O2S/c1-5-6(4-9-10(5)2)3-7(13)8(11)12/h4,7,13H,3H2,1-2H3,(H,11,12).